The molecule has 0 aromatic carbocycles. The van der Waals surface area contributed by atoms with E-state index in [2.05, 4.69) is 9.97 Å². The highest BCUT2D eigenvalue weighted by atomic mass is 32.2. The summed E-state index contributed by atoms with van der Waals surface area (Å²) in [6.07, 6.45) is 0.0738. The second-order valence-electron chi connectivity index (χ2n) is 3.61. The zero-order valence-corrected chi connectivity index (χ0v) is 10.5. The Morgan fingerprint density at radius 3 is 2.93 bits per heavy atom. The summed E-state index contributed by atoms with van der Waals surface area (Å²) >= 11 is 7.10. The smallest absolute Gasteiger partial charge is 0.138 e. The topological polar surface area (TPSA) is 37.9 Å². The molecule has 5 heteroatoms. The van der Waals surface area contributed by atoms with Gasteiger partial charge in [0, 0.05) is 22.8 Å². The zero-order valence-electron chi connectivity index (χ0n) is 8.87. The van der Waals surface area contributed by atoms with Gasteiger partial charge in [-0.25, -0.2) is 4.98 Å². The minimum atomic E-state index is 0.0738. The summed E-state index contributed by atoms with van der Waals surface area (Å²) in [5.41, 5.74) is 2.14. The number of aromatic nitrogens is 2. The standard InChI is InChI=1S/C10H14N2OS2/c1-6-7(2)11-9(12-10(6)14)8-5-15-4-3-13-8/h8H,3-5H2,1-2H3,(H,11,12,14). The van der Waals surface area contributed by atoms with Crippen LogP contribution in [-0.4, -0.2) is 28.1 Å². The van der Waals surface area contributed by atoms with Gasteiger partial charge in [0.15, 0.2) is 0 Å². The monoisotopic (exact) mass is 242 g/mol. The quantitative estimate of drug-likeness (QED) is 0.768. The van der Waals surface area contributed by atoms with Crippen molar-refractivity contribution in [3.05, 3.63) is 21.7 Å². The first-order chi connectivity index (χ1) is 7.18. The molecule has 2 rings (SSSR count). The van der Waals surface area contributed by atoms with E-state index in [1.165, 1.54) is 0 Å². The molecule has 1 saturated heterocycles. The van der Waals surface area contributed by atoms with Gasteiger partial charge in [-0.1, -0.05) is 12.2 Å². The molecule has 0 aliphatic carbocycles. The Kier molecular flexibility index (Phi) is 3.43. The number of rotatable bonds is 1. The summed E-state index contributed by atoms with van der Waals surface area (Å²) in [7, 11) is 0. The molecule has 2 heterocycles. The van der Waals surface area contributed by atoms with Gasteiger partial charge in [-0.3, -0.25) is 0 Å². The van der Waals surface area contributed by atoms with Crippen LogP contribution in [0, 0.1) is 18.5 Å². The van der Waals surface area contributed by atoms with Crippen molar-refractivity contribution in [2.75, 3.05) is 18.1 Å². The Bertz CT molecular complexity index is 410. The van der Waals surface area contributed by atoms with Crippen LogP contribution in [0.2, 0.25) is 0 Å². The van der Waals surface area contributed by atoms with Crippen LogP contribution in [0.3, 0.4) is 0 Å². The van der Waals surface area contributed by atoms with Gasteiger partial charge >= 0.3 is 0 Å². The van der Waals surface area contributed by atoms with Gasteiger partial charge in [0.2, 0.25) is 0 Å². The highest BCUT2D eigenvalue weighted by Crippen LogP contribution is 2.24. The Balaban J connectivity index is 2.32. The maximum atomic E-state index is 5.65. The second kappa shape index (κ2) is 4.63. The van der Waals surface area contributed by atoms with Crippen molar-refractivity contribution < 1.29 is 4.74 Å². The lowest BCUT2D eigenvalue weighted by molar-refractivity contribution is 0.0692. The number of H-pyrrole nitrogens is 1. The predicted molar refractivity (Wildman–Crippen MR) is 64.9 cm³/mol. The fourth-order valence-corrected chi connectivity index (χ4v) is 2.57. The van der Waals surface area contributed by atoms with Crippen molar-refractivity contribution in [3.63, 3.8) is 0 Å². The Labute approximate surface area is 98.6 Å². The number of ether oxygens (including phenoxy) is 1. The molecule has 1 N–H and O–H groups in total. The first-order valence-corrected chi connectivity index (χ1v) is 6.51. The van der Waals surface area contributed by atoms with Crippen LogP contribution in [0.15, 0.2) is 0 Å². The number of nitrogens with zero attached hydrogens (tertiary/aromatic N) is 1. The van der Waals surface area contributed by atoms with E-state index >= 15 is 0 Å². The average Bonchev–Trinajstić information content (AvgIpc) is 2.26. The maximum Gasteiger partial charge on any atom is 0.138 e. The van der Waals surface area contributed by atoms with E-state index in [0.717, 1.165) is 35.2 Å². The highest BCUT2D eigenvalue weighted by Gasteiger charge is 2.19. The molecule has 1 aromatic rings. The van der Waals surface area contributed by atoms with Gasteiger partial charge < -0.3 is 9.72 Å². The molecule has 1 aliphatic heterocycles. The third-order valence-electron chi connectivity index (χ3n) is 2.54. The van der Waals surface area contributed by atoms with E-state index < -0.39 is 0 Å². The lowest BCUT2D eigenvalue weighted by Crippen LogP contribution is -2.18. The Morgan fingerprint density at radius 1 is 1.53 bits per heavy atom. The van der Waals surface area contributed by atoms with Crippen LogP contribution in [0.25, 0.3) is 0 Å². The molecule has 1 aliphatic rings. The molecule has 1 unspecified atom stereocenters. The zero-order chi connectivity index (χ0) is 10.8. The first-order valence-electron chi connectivity index (χ1n) is 4.95. The molecule has 0 spiro atoms. The molecular weight excluding hydrogens is 228 g/mol. The fourth-order valence-electron chi connectivity index (χ4n) is 1.47. The number of aryl methyl sites for hydroxylation is 1. The van der Waals surface area contributed by atoms with Gasteiger partial charge in [0.25, 0.3) is 0 Å². The summed E-state index contributed by atoms with van der Waals surface area (Å²) in [6.45, 7) is 4.80. The van der Waals surface area contributed by atoms with Crippen LogP contribution in [0.5, 0.6) is 0 Å². The van der Waals surface area contributed by atoms with Gasteiger partial charge in [0.05, 0.1) is 6.61 Å². The molecule has 0 saturated carbocycles. The van der Waals surface area contributed by atoms with Crippen molar-refractivity contribution >= 4 is 24.0 Å². The van der Waals surface area contributed by atoms with Crippen molar-refractivity contribution in [1.82, 2.24) is 9.97 Å². The maximum absolute atomic E-state index is 5.65. The van der Waals surface area contributed by atoms with Gasteiger partial charge in [-0.15, -0.1) is 0 Å². The third-order valence-corrected chi connectivity index (χ3v) is 3.93. The van der Waals surface area contributed by atoms with Crippen LogP contribution >= 0.6 is 24.0 Å². The molecule has 1 aromatic heterocycles. The molecule has 3 nitrogen and oxygen atoms in total. The van der Waals surface area contributed by atoms with Gasteiger partial charge in [-0.2, -0.15) is 11.8 Å². The molecule has 1 atom stereocenters. The summed E-state index contributed by atoms with van der Waals surface area (Å²) in [4.78, 5) is 7.65. The molecule has 1 fully saturated rings. The molecular formula is C10H14N2OS2. The molecule has 15 heavy (non-hydrogen) atoms. The SMILES string of the molecule is Cc1[nH]c(C2CSCCO2)nc(=S)c1C. The predicted octanol–water partition coefficient (Wildman–Crippen LogP) is 2.56. The van der Waals surface area contributed by atoms with E-state index in [1.807, 2.05) is 25.6 Å². The van der Waals surface area contributed by atoms with Crippen molar-refractivity contribution in [2.45, 2.75) is 20.0 Å². The second-order valence-corrected chi connectivity index (χ2v) is 5.15. The van der Waals surface area contributed by atoms with Crippen molar-refractivity contribution in [3.8, 4) is 0 Å². The summed E-state index contributed by atoms with van der Waals surface area (Å²) in [6, 6.07) is 0. The van der Waals surface area contributed by atoms with Crippen molar-refractivity contribution in [2.24, 2.45) is 0 Å². The van der Waals surface area contributed by atoms with E-state index in [4.69, 9.17) is 17.0 Å². The number of hydrogen-bond donors (Lipinski definition) is 1. The molecule has 0 radical (unpaired) electrons. The molecule has 82 valence electrons. The van der Waals surface area contributed by atoms with Crippen LogP contribution in [-0.2, 0) is 4.74 Å². The lowest BCUT2D eigenvalue weighted by Gasteiger charge is -2.22. The van der Waals surface area contributed by atoms with Crippen LogP contribution in [0.1, 0.15) is 23.2 Å². The third kappa shape index (κ3) is 2.41. The molecule has 0 bridgehead atoms. The fraction of sp³-hybridized carbons (Fsp3) is 0.600. The number of hydrogen-bond acceptors (Lipinski definition) is 4. The number of thioether (sulfide) groups is 1. The van der Waals surface area contributed by atoms with Crippen LogP contribution in [0.4, 0.5) is 0 Å². The van der Waals surface area contributed by atoms with Crippen molar-refractivity contribution in [1.29, 1.82) is 0 Å². The number of nitrogens with one attached hydrogen (secondary N) is 1. The Morgan fingerprint density at radius 2 is 2.33 bits per heavy atom. The summed E-state index contributed by atoms with van der Waals surface area (Å²) < 4.78 is 6.33. The van der Waals surface area contributed by atoms with E-state index in [1.54, 1.807) is 0 Å². The minimum absolute atomic E-state index is 0.0738. The lowest BCUT2D eigenvalue weighted by atomic mass is 10.2. The normalized spacial score (nSPS) is 21.6. The van der Waals surface area contributed by atoms with Gasteiger partial charge in [-0.05, 0) is 13.8 Å². The largest absolute Gasteiger partial charge is 0.369 e. The van der Waals surface area contributed by atoms with E-state index in [-0.39, 0.29) is 6.10 Å². The Hall–Kier alpha value is -0.390. The summed E-state index contributed by atoms with van der Waals surface area (Å²) in [5.74, 6) is 2.90. The average molecular weight is 242 g/mol. The number of aromatic amines is 1. The minimum Gasteiger partial charge on any atom is -0.369 e. The first kappa shape index (κ1) is 11.1. The molecule has 0 amide bonds. The highest BCUT2D eigenvalue weighted by molar-refractivity contribution is 7.99. The van der Waals surface area contributed by atoms with E-state index in [0.29, 0.717) is 4.64 Å². The van der Waals surface area contributed by atoms with Gasteiger partial charge in [0.1, 0.15) is 16.6 Å². The van der Waals surface area contributed by atoms with E-state index in [9.17, 15) is 0 Å². The van der Waals surface area contributed by atoms with Crippen LogP contribution < -0.4 is 0 Å². The summed E-state index contributed by atoms with van der Waals surface area (Å²) in [5, 5.41) is 0.